The zero-order chi connectivity index (χ0) is 30.9. The third-order valence-corrected chi connectivity index (χ3v) is 10.4. The maximum Gasteiger partial charge on any atom is 0.355 e. The molecule has 1 fully saturated rings. The second-order valence-corrected chi connectivity index (χ2v) is 13.3. The largest absolute Gasteiger partial charge is 0.476 e. The first-order valence-corrected chi connectivity index (χ1v) is 16.6. The number of aromatic carboxylic acids is 1. The lowest BCUT2D eigenvalue weighted by atomic mass is 9.83. The minimum Gasteiger partial charge on any atom is -0.476 e. The molecular formula is C37H36N4O3S. The van der Waals surface area contributed by atoms with Crippen molar-refractivity contribution in [2.75, 3.05) is 16.8 Å². The lowest BCUT2D eigenvalue weighted by Gasteiger charge is -2.31. The number of anilines is 2. The van der Waals surface area contributed by atoms with E-state index in [4.69, 9.17) is 4.98 Å². The summed E-state index contributed by atoms with van der Waals surface area (Å²) in [5.41, 5.74) is 7.55. The number of hydrogen-bond donors (Lipinski definition) is 2. The Balaban J connectivity index is 1.15. The van der Waals surface area contributed by atoms with Gasteiger partial charge in [-0.25, -0.2) is 14.8 Å². The summed E-state index contributed by atoms with van der Waals surface area (Å²) in [4.78, 5) is 37.4. The SMILES string of the molecule is Cc1c(CC2CCCCC2)cccc1-c1ccc(N2CCc3cccc(C(=O)Nc4nc5ccccc5s4)c3C2)nc1C(=O)O. The Morgan fingerprint density at radius 3 is 2.58 bits per heavy atom. The van der Waals surface area contributed by atoms with Gasteiger partial charge in [0.2, 0.25) is 0 Å². The van der Waals surface area contributed by atoms with Crippen LogP contribution in [0.25, 0.3) is 21.3 Å². The van der Waals surface area contributed by atoms with E-state index in [1.165, 1.54) is 49.0 Å². The summed E-state index contributed by atoms with van der Waals surface area (Å²) in [7, 11) is 0. The number of pyridine rings is 1. The molecule has 2 aromatic heterocycles. The number of aromatic nitrogens is 2. The lowest BCUT2D eigenvalue weighted by Crippen LogP contribution is -2.33. The fraction of sp³-hybridized carbons (Fsp3) is 0.297. The molecule has 1 aliphatic carbocycles. The van der Waals surface area contributed by atoms with Gasteiger partial charge in [-0.15, -0.1) is 0 Å². The molecule has 3 aromatic carbocycles. The number of amides is 1. The van der Waals surface area contributed by atoms with Crippen LogP contribution in [0.5, 0.6) is 0 Å². The average molecular weight is 617 g/mol. The van der Waals surface area contributed by atoms with Crippen LogP contribution >= 0.6 is 11.3 Å². The van der Waals surface area contributed by atoms with Crippen molar-refractivity contribution < 1.29 is 14.7 Å². The molecule has 228 valence electrons. The summed E-state index contributed by atoms with van der Waals surface area (Å²) in [6.07, 6.45) is 8.23. The van der Waals surface area contributed by atoms with Gasteiger partial charge in [0.1, 0.15) is 5.82 Å². The summed E-state index contributed by atoms with van der Waals surface area (Å²) in [6.45, 7) is 3.24. The van der Waals surface area contributed by atoms with E-state index >= 15 is 0 Å². The van der Waals surface area contributed by atoms with Crippen LogP contribution in [0, 0.1) is 12.8 Å². The highest BCUT2D eigenvalue weighted by Crippen LogP contribution is 2.35. The third-order valence-electron chi connectivity index (χ3n) is 9.41. The van der Waals surface area contributed by atoms with Gasteiger partial charge in [-0.1, -0.05) is 85.9 Å². The predicted octanol–water partition coefficient (Wildman–Crippen LogP) is 8.30. The normalized spacial score (nSPS) is 15.2. The molecule has 0 radical (unpaired) electrons. The van der Waals surface area contributed by atoms with Crippen LogP contribution < -0.4 is 10.2 Å². The number of para-hydroxylation sites is 1. The number of carbonyl (C=O) groups is 2. The van der Waals surface area contributed by atoms with Crippen LogP contribution in [-0.4, -0.2) is 33.5 Å². The maximum atomic E-state index is 13.5. The third kappa shape index (κ3) is 5.94. The van der Waals surface area contributed by atoms with E-state index in [1.54, 1.807) is 0 Å². The molecule has 0 spiro atoms. The molecule has 0 unspecified atom stereocenters. The highest BCUT2D eigenvalue weighted by atomic mass is 32.1. The first-order valence-electron chi connectivity index (χ1n) is 15.8. The molecule has 8 heteroatoms. The minimum absolute atomic E-state index is 0.0538. The second kappa shape index (κ2) is 12.4. The van der Waals surface area contributed by atoms with Crippen LogP contribution in [0.3, 0.4) is 0 Å². The van der Waals surface area contributed by atoms with E-state index in [2.05, 4.69) is 34.3 Å². The molecule has 1 amide bonds. The summed E-state index contributed by atoms with van der Waals surface area (Å²) < 4.78 is 1.02. The number of benzene rings is 3. The van der Waals surface area contributed by atoms with Gasteiger partial charge in [0, 0.05) is 24.2 Å². The molecule has 1 saturated carbocycles. The lowest BCUT2D eigenvalue weighted by molar-refractivity contribution is 0.0691. The molecule has 7 rings (SSSR count). The van der Waals surface area contributed by atoms with Gasteiger partial charge < -0.3 is 10.0 Å². The average Bonchev–Trinajstić information content (AvgIpc) is 3.48. The Labute approximate surface area is 267 Å². The number of carbonyl (C=O) groups excluding carboxylic acids is 1. The van der Waals surface area contributed by atoms with Gasteiger partial charge in [0.25, 0.3) is 5.91 Å². The number of nitrogens with one attached hydrogen (secondary N) is 1. The number of hydrogen-bond acceptors (Lipinski definition) is 6. The molecule has 7 nitrogen and oxygen atoms in total. The van der Waals surface area contributed by atoms with Gasteiger partial charge in [-0.05, 0) is 83.8 Å². The summed E-state index contributed by atoms with van der Waals surface area (Å²) in [6, 6.07) is 23.7. The Bertz CT molecular complexity index is 1880. The smallest absolute Gasteiger partial charge is 0.355 e. The van der Waals surface area contributed by atoms with Crippen LogP contribution in [0.2, 0.25) is 0 Å². The van der Waals surface area contributed by atoms with Crippen molar-refractivity contribution in [2.45, 2.75) is 58.4 Å². The quantitative estimate of drug-likeness (QED) is 0.191. The fourth-order valence-electron chi connectivity index (χ4n) is 6.98. The molecule has 5 aromatic rings. The van der Waals surface area contributed by atoms with E-state index in [9.17, 15) is 14.7 Å². The van der Waals surface area contributed by atoms with E-state index in [-0.39, 0.29) is 11.6 Å². The number of rotatable bonds is 7. The van der Waals surface area contributed by atoms with Crippen molar-refractivity contribution >= 4 is 44.4 Å². The highest BCUT2D eigenvalue weighted by molar-refractivity contribution is 7.22. The standard InChI is InChI=1S/C37H36N4O3S/c1-23-26(21-24-9-3-2-4-10-24)12-8-13-27(23)28-17-18-33(39-34(28)36(43)44)41-20-19-25-11-7-14-29(30(25)22-41)35(42)40-37-38-31-15-5-6-16-32(31)45-37/h5-8,11-18,24H,2-4,9-10,19-22H2,1H3,(H,43,44)(H,38,40,42). The minimum atomic E-state index is -1.04. The zero-order valence-electron chi connectivity index (χ0n) is 25.4. The predicted molar refractivity (Wildman–Crippen MR) is 180 cm³/mol. The number of thiazole rings is 1. The van der Waals surface area contributed by atoms with Crippen LogP contribution in [0.15, 0.2) is 72.8 Å². The van der Waals surface area contributed by atoms with E-state index in [1.807, 2.05) is 60.7 Å². The highest BCUT2D eigenvalue weighted by Gasteiger charge is 2.26. The summed E-state index contributed by atoms with van der Waals surface area (Å²) in [5.74, 6) is 0.0459. The van der Waals surface area contributed by atoms with Crippen LogP contribution in [0.4, 0.5) is 10.9 Å². The molecular weight excluding hydrogens is 580 g/mol. The molecule has 2 aliphatic rings. The molecule has 45 heavy (non-hydrogen) atoms. The van der Waals surface area contributed by atoms with Crippen molar-refractivity contribution in [3.8, 4) is 11.1 Å². The number of carboxylic acid groups (broad SMARTS) is 1. The Kier molecular flexibility index (Phi) is 8.06. The Hall–Kier alpha value is -4.56. The fourth-order valence-corrected chi connectivity index (χ4v) is 7.84. The number of carboxylic acids is 1. The number of fused-ring (bicyclic) bond motifs is 2. The van der Waals surface area contributed by atoms with Crippen molar-refractivity contribution in [2.24, 2.45) is 5.92 Å². The van der Waals surface area contributed by atoms with E-state index in [0.717, 1.165) is 45.3 Å². The molecule has 3 heterocycles. The monoisotopic (exact) mass is 616 g/mol. The molecule has 2 N–H and O–H groups in total. The first-order chi connectivity index (χ1) is 21.9. The van der Waals surface area contributed by atoms with Gasteiger partial charge in [-0.3, -0.25) is 10.1 Å². The van der Waals surface area contributed by atoms with Crippen LogP contribution in [-0.2, 0) is 19.4 Å². The first kappa shape index (κ1) is 29.2. The van der Waals surface area contributed by atoms with Crippen LogP contribution in [0.1, 0.15) is 75.2 Å². The van der Waals surface area contributed by atoms with Gasteiger partial charge in [-0.2, -0.15) is 0 Å². The maximum absolute atomic E-state index is 13.5. The van der Waals surface area contributed by atoms with Crippen molar-refractivity contribution in [1.82, 2.24) is 9.97 Å². The Morgan fingerprint density at radius 2 is 1.76 bits per heavy atom. The Morgan fingerprint density at radius 1 is 0.933 bits per heavy atom. The topological polar surface area (TPSA) is 95.4 Å². The second-order valence-electron chi connectivity index (χ2n) is 12.2. The summed E-state index contributed by atoms with van der Waals surface area (Å²) in [5, 5.41) is 13.9. The van der Waals surface area contributed by atoms with Crippen molar-refractivity contribution in [1.29, 1.82) is 0 Å². The molecule has 1 aliphatic heterocycles. The van der Waals surface area contributed by atoms with Crippen molar-refractivity contribution in [3.63, 3.8) is 0 Å². The molecule has 0 saturated heterocycles. The zero-order valence-corrected chi connectivity index (χ0v) is 26.2. The number of nitrogens with zero attached hydrogens (tertiary/aromatic N) is 3. The van der Waals surface area contributed by atoms with E-state index in [0.29, 0.717) is 41.1 Å². The van der Waals surface area contributed by atoms with Gasteiger partial charge >= 0.3 is 5.97 Å². The van der Waals surface area contributed by atoms with Crippen molar-refractivity contribution in [3.05, 3.63) is 106 Å². The summed E-state index contributed by atoms with van der Waals surface area (Å²) >= 11 is 1.45. The van der Waals surface area contributed by atoms with Gasteiger partial charge in [0.15, 0.2) is 10.8 Å². The molecule has 0 bridgehead atoms. The van der Waals surface area contributed by atoms with Gasteiger partial charge in [0.05, 0.1) is 10.2 Å². The molecule has 0 atom stereocenters. The van der Waals surface area contributed by atoms with E-state index < -0.39 is 5.97 Å².